The minimum absolute atomic E-state index is 0.157. The molecule has 3 aromatic carbocycles. The van der Waals surface area contributed by atoms with E-state index in [1.54, 1.807) is 24.3 Å². The zero-order chi connectivity index (χ0) is 31.1. The molecule has 1 atom stereocenters. The number of halogens is 1. The summed E-state index contributed by atoms with van der Waals surface area (Å²) in [6.07, 6.45) is 3.15. The monoisotopic (exact) mass is 632 g/mol. The predicted molar refractivity (Wildman–Crippen MR) is 175 cm³/mol. The van der Waals surface area contributed by atoms with Crippen LogP contribution in [0.2, 0.25) is 5.02 Å². The van der Waals surface area contributed by atoms with Gasteiger partial charge in [-0.3, -0.25) is 9.52 Å². The number of aryl methyl sites for hydroxylation is 1. The van der Waals surface area contributed by atoms with Crippen LogP contribution < -0.4 is 9.62 Å². The second-order valence-electron chi connectivity index (χ2n) is 11.2. The van der Waals surface area contributed by atoms with Crippen molar-refractivity contribution in [3.05, 3.63) is 101 Å². The van der Waals surface area contributed by atoms with Crippen LogP contribution >= 0.6 is 11.6 Å². The average molecular weight is 633 g/mol. The Morgan fingerprint density at radius 2 is 1.55 bits per heavy atom. The Labute approximate surface area is 264 Å². The van der Waals surface area contributed by atoms with Crippen LogP contribution in [0.25, 0.3) is 22.5 Å². The molecule has 0 saturated heterocycles. The molecule has 10 heteroatoms. The first-order chi connectivity index (χ1) is 21.2. The number of amides is 1. The molecule has 2 N–H and O–H groups in total. The van der Waals surface area contributed by atoms with E-state index in [-0.39, 0.29) is 12.2 Å². The van der Waals surface area contributed by atoms with Crippen LogP contribution in [0, 0.1) is 6.92 Å². The van der Waals surface area contributed by atoms with Crippen molar-refractivity contribution in [2.24, 2.45) is 0 Å². The molecule has 8 nitrogen and oxygen atoms in total. The predicted octanol–water partition coefficient (Wildman–Crippen LogP) is 6.61. The zero-order valence-electron chi connectivity index (χ0n) is 24.7. The van der Waals surface area contributed by atoms with E-state index in [0.29, 0.717) is 41.5 Å². The van der Waals surface area contributed by atoms with Crippen LogP contribution in [0.1, 0.15) is 61.4 Å². The van der Waals surface area contributed by atoms with Gasteiger partial charge in [0.1, 0.15) is 11.8 Å². The molecule has 1 aliphatic heterocycles. The summed E-state index contributed by atoms with van der Waals surface area (Å²) in [7, 11) is -3.72. The van der Waals surface area contributed by atoms with Crippen molar-refractivity contribution in [2.45, 2.75) is 57.3 Å². The molecule has 0 fully saturated rings. The lowest BCUT2D eigenvalue weighted by Gasteiger charge is -2.33. The highest BCUT2D eigenvalue weighted by molar-refractivity contribution is 7.89. The molecule has 0 saturated carbocycles. The SMILES string of the molecule is Cc1ccc(-c2nc3c(nc2-c2ccc(Cl)cc2)N(CCCCCCC(=O)NS(=O)(=O)Cc2ccccc2)CCC3O)cc1. The van der Waals surface area contributed by atoms with Crippen molar-refractivity contribution in [1.29, 1.82) is 0 Å². The lowest BCUT2D eigenvalue weighted by molar-refractivity contribution is -0.119. The van der Waals surface area contributed by atoms with Crippen molar-refractivity contribution < 1.29 is 18.3 Å². The van der Waals surface area contributed by atoms with Gasteiger partial charge in [-0.15, -0.1) is 0 Å². The van der Waals surface area contributed by atoms with Crippen LogP contribution in [0.4, 0.5) is 5.82 Å². The maximum absolute atomic E-state index is 12.3. The fourth-order valence-corrected chi connectivity index (χ4v) is 6.63. The van der Waals surface area contributed by atoms with E-state index in [0.717, 1.165) is 53.9 Å². The number of hydrogen-bond acceptors (Lipinski definition) is 7. The minimum Gasteiger partial charge on any atom is -0.387 e. The maximum atomic E-state index is 12.3. The largest absolute Gasteiger partial charge is 0.387 e. The fraction of sp³-hybridized carbons (Fsp3) is 0.324. The number of unbranched alkanes of at least 4 members (excludes halogenated alkanes) is 3. The zero-order valence-corrected chi connectivity index (χ0v) is 26.3. The van der Waals surface area contributed by atoms with Gasteiger partial charge in [-0.1, -0.05) is 96.7 Å². The first-order valence-corrected chi connectivity index (χ1v) is 17.0. The lowest BCUT2D eigenvalue weighted by atomic mass is 10.0. The number of aromatic nitrogens is 2. The number of anilines is 1. The Bertz CT molecular complexity index is 1680. The standard InChI is InChI=1S/C34H37ClN4O4S/c1-24-12-14-26(15-13-24)31-32(27-16-18-28(35)19-17-27)37-34-33(36-31)29(40)20-22-39(34)21-8-3-2-7-11-30(41)38-44(42,43)23-25-9-5-4-6-10-25/h4-6,9-10,12-19,29,40H,2-3,7-8,11,20-23H2,1H3,(H,38,41). The van der Waals surface area contributed by atoms with E-state index in [2.05, 4.69) is 9.62 Å². The molecule has 44 heavy (non-hydrogen) atoms. The third-order valence-electron chi connectivity index (χ3n) is 7.68. The molecule has 2 heterocycles. The molecule has 0 radical (unpaired) electrons. The lowest BCUT2D eigenvalue weighted by Crippen LogP contribution is -2.34. The topological polar surface area (TPSA) is 112 Å². The van der Waals surface area contributed by atoms with Crippen molar-refractivity contribution in [3.63, 3.8) is 0 Å². The normalized spacial score (nSPS) is 14.7. The molecule has 1 aliphatic rings. The van der Waals surface area contributed by atoms with Crippen LogP contribution in [-0.2, 0) is 20.6 Å². The summed E-state index contributed by atoms with van der Waals surface area (Å²) < 4.78 is 26.8. The molecule has 5 rings (SSSR count). The molecule has 0 spiro atoms. The molecule has 1 aromatic heterocycles. The molecule has 0 bridgehead atoms. The van der Waals surface area contributed by atoms with Crippen LogP contribution in [0.3, 0.4) is 0 Å². The minimum atomic E-state index is -3.72. The smallest absolute Gasteiger partial charge is 0.239 e. The van der Waals surface area contributed by atoms with E-state index in [9.17, 15) is 18.3 Å². The van der Waals surface area contributed by atoms with Gasteiger partial charge in [-0.2, -0.15) is 0 Å². The van der Waals surface area contributed by atoms with Crippen molar-refractivity contribution >= 4 is 33.3 Å². The highest BCUT2D eigenvalue weighted by Crippen LogP contribution is 2.38. The third-order valence-corrected chi connectivity index (χ3v) is 9.19. The third kappa shape index (κ3) is 8.22. The number of benzene rings is 3. The summed E-state index contributed by atoms with van der Waals surface area (Å²) in [5, 5.41) is 11.6. The summed E-state index contributed by atoms with van der Waals surface area (Å²) in [5.41, 5.74) is 5.63. The Morgan fingerprint density at radius 1 is 0.909 bits per heavy atom. The number of hydrogen-bond donors (Lipinski definition) is 2. The molecule has 4 aromatic rings. The second-order valence-corrected chi connectivity index (χ2v) is 13.4. The van der Waals surface area contributed by atoms with E-state index in [1.807, 2.05) is 61.5 Å². The number of carbonyl (C=O) groups excluding carboxylic acids is 1. The number of nitrogens with one attached hydrogen (secondary N) is 1. The van der Waals surface area contributed by atoms with E-state index >= 15 is 0 Å². The van der Waals surface area contributed by atoms with Gasteiger partial charge in [0.25, 0.3) is 0 Å². The molecular formula is C34H37ClN4O4S. The van der Waals surface area contributed by atoms with Crippen LogP contribution in [0.5, 0.6) is 0 Å². The van der Waals surface area contributed by atoms with Gasteiger partial charge in [0, 0.05) is 35.7 Å². The van der Waals surface area contributed by atoms with E-state index < -0.39 is 22.0 Å². The van der Waals surface area contributed by atoms with Crippen molar-refractivity contribution in [2.75, 3.05) is 18.0 Å². The average Bonchev–Trinajstić information content (AvgIpc) is 3.00. The molecule has 1 amide bonds. The molecule has 0 aliphatic carbocycles. The quantitative estimate of drug-likeness (QED) is 0.169. The highest BCUT2D eigenvalue weighted by atomic mass is 35.5. The van der Waals surface area contributed by atoms with Crippen LogP contribution in [0.15, 0.2) is 78.9 Å². The first-order valence-electron chi connectivity index (χ1n) is 14.9. The number of sulfonamides is 1. The van der Waals surface area contributed by atoms with Gasteiger partial charge in [0.05, 0.1) is 17.1 Å². The van der Waals surface area contributed by atoms with Gasteiger partial charge >= 0.3 is 0 Å². The number of aliphatic hydroxyl groups excluding tert-OH is 1. The van der Waals surface area contributed by atoms with Gasteiger partial charge in [-0.25, -0.2) is 18.4 Å². The van der Waals surface area contributed by atoms with Crippen molar-refractivity contribution in [3.8, 4) is 22.5 Å². The molecule has 1 unspecified atom stereocenters. The van der Waals surface area contributed by atoms with E-state index in [1.165, 1.54) is 0 Å². The maximum Gasteiger partial charge on any atom is 0.239 e. The van der Waals surface area contributed by atoms with Crippen molar-refractivity contribution in [1.82, 2.24) is 14.7 Å². The summed E-state index contributed by atoms with van der Waals surface area (Å²) >= 11 is 6.17. The van der Waals surface area contributed by atoms with Gasteiger partial charge in [-0.05, 0) is 43.9 Å². The fourth-order valence-electron chi connectivity index (χ4n) is 5.35. The number of rotatable bonds is 12. The number of nitrogens with zero attached hydrogens (tertiary/aromatic N) is 3. The summed E-state index contributed by atoms with van der Waals surface area (Å²) in [6, 6.07) is 24.5. The second kappa shape index (κ2) is 14.3. The summed E-state index contributed by atoms with van der Waals surface area (Å²) in [4.78, 5) is 24.5. The molecule has 230 valence electrons. The van der Waals surface area contributed by atoms with E-state index in [4.69, 9.17) is 21.6 Å². The van der Waals surface area contributed by atoms with Gasteiger partial charge in [0.15, 0.2) is 5.82 Å². The number of aliphatic hydroxyl groups is 1. The van der Waals surface area contributed by atoms with Gasteiger partial charge < -0.3 is 10.0 Å². The first kappa shape index (κ1) is 31.6. The van der Waals surface area contributed by atoms with Gasteiger partial charge in [0.2, 0.25) is 15.9 Å². The highest BCUT2D eigenvalue weighted by Gasteiger charge is 2.29. The Morgan fingerprint density at radius 3 is 2.25 bits per heavy atom. The van der Waals surface area contributed by atoms with Crippen LogP contribution in [-0.4, -0.2) is 42.5 Å². The Hall–Kier alpha value is -3.79. The Kier molecular flexibility index (Phi) is 10.3. The summed E-state index contributed by atoms with van der Waals surface area (Å²) in [6.45, 7) is 3.43. The molecular weight excluding hydrogens is 596 g/mol. The summed E-state index contributed by atoms with van der Waals surface area (Å²) in [5.74, 6) is -0.0115. The Balaban J connectivity index is 1.21. The number of fused-ring (bicyclic) bond motifs is 1. The number of carbonyl (C=O) groups is 1.